The Morgan fingerprint density at radius 3 is 2.27 bits per heavy atom. The fourth-order valence-electron chi connectivity index (χ4n) is 2.94. The summed E-state index contributed by atoms with van der Waals surface area (Å²) in [6, 6.07) is 18.3. The number of hydrogen-bond donors (Lipinski definition) is 2. The Kier molecular flexibility index (Phi) is 8.25. The number of aliphatic hydroxyl groups is 1. The molecule has 0 fully saturated rings. The molecule has 0 saturated heterocycles. The largest absolute Gasteiger partial charge is 0.493 e. The van der Waals surface area contributed by atoms with Gasteiger partial charge in [-0.1, -0.05) is 71.2 Å². The van der Waals surface area contributed by atoms with Gasteiger partial charge in [0.25, 0.3) is 0 Å². The zero-order chi connectivity index (χ0) is 21.5. The van der Waals surface area contributed by atoms with Crippen LogP contribution >= 0.6 is 34.8 Å². The van der Waals surface area contributed by atoms with E-state index in [0.29, 0.717) is 45.2 Å². The minimum Gasteiger partial charge on any atom is -0.493 e. The first-order chi connectivity index (χ1) is 14.5. The van der Waals surface area contributed by atoms with Gasteiger partial charge in [-0.3, -0.25) is 0 Å². The number of nitrogens with one attached hydrogen (secondary N) is 1. The topological polar surface area (TPSA) is 50.7 Å². The minimum absolute atomic E-state index is 0.187. The molecule has 3 aromatic carbocycles. The van der Waals surface area contributed by atoms with Crippen molar-refractivity contribution in [2.75, 3.05) is 13.7 Å². The maximum atomic E-state index is 10.3. The van der Waals surface area contributed by atoms with Crippen molar-refractivity contribution >= 4 is 34.8 Å². The van der Waals surface area contributed by atoms with Crippen LogP contribution in [0.4, 0.5) is 0 Å². The van der Waals surface area contributed by atoms with Gasteiger partial charge in [-0.05, 0) is 29.3 Å². The van der Waals surface area contributed by atoms with E-state index in [1.807, 2.05) is 36.4 Å². The van der Waals surface area contributed by atoms with Crippen molar-refractivity contribution in [3.63, 3.8) is 0 Å². The third-order valence-corrected chi connectivity index (χ3v) is 5.66. The van der Waals surface area contributed by atoms with Crippen LogP contribution in [0.1, 0.15) is 22.8 Å². The Balaban J connectivity index is 1.65. The average Bonchev–Trinajstić information content (AvgIpc) is 2.75. The second-order valence-corrected chi connectivity index (χ2v) is 7.86. The molecule has 0 bridgehead atoms. The van der Waals surface area contributed by atoms with E-state index in [2.05, 4.69) is 5.32 Å². The summed E-state index contributed by atoms with van der Waals surface area (Å²) in [5, 5.41) is 15.1. The maximum Gasteiger partial charge on any atom is 0.163 e. The summed E-state index contributed by atoms with van der Waals surface area (Å²) in [5.74, 6) is 1.04. The monoisotopic (exact) mass is 465 g/mol. The van der Waals surface area contributed by atoms with E-state index in [1.54, 1.807) is 31.4 Å². The van der Waals surface area contributed by atoms with Gasteiger partial charge in [0.05, 0.1) is 13.2 Å². The summed E-state index contributed by atoms with van der Waals surface area (Å²) in [7, 11) is 1.56. The fourth-order valence-corrected chi connectivity index (χ4v) is 3.67. The molecule has 0 amide bonds. The molecule has 4 nitrogen and oxygen atoms in total. The highest BCUT2D eigenvalue weighted by molar-refractivity contribution is 6.36. The van der Waals surface area contributed by atoms with Crippen molar-refractivity contribution in [2.24, 2.45) is 0 Å². The van der Waals surface area contributed by atoms with Gasteiger partial charge in [0.1, 0.15) is 6.61 Å². The van der Waals surface area contributed by atoms with Crippen LogP contribution in [0.15, 0.2) is 60.7 Å². The molecule has 30 heavy (non-hydrogen) atoms. The molecule has 0 aliphatic carbocycles. The second-order valence-electron chi connectivity index (χ2n) is 6.64. The molecule has 1 unspecified atom stereocenters. The summed E-state index contributed by atoms with van der Waals surface area (Å²) >= 11 is 18.8. The third-order valence-electron chi connectivity index (χ3n) is 4.60. The SMILES string of the molecule is COc1cc(CNCC(O)c2ccccc2)c(Cl)cc1OCc1c(Cl)cccc1Cl. The lowest BCUT2D eigenvalue weighted by Gasteiger charge is -2.16. The van der Waals surface area contributed by atoms with Crippen LogP contribution in [0.5, 0.6) is 11.5 Å². The molecule has 0 aliphatic rings. The highest BCUT2D eigenvalue weighted by atomic mass is 35.5. The first kappa shape index (κ1) is 22.7. The van der Waals surface area contributed by atoms with Gasteiger partial charge < -0.3 is 19.9 Å². The highest BCUT2D eigenvalue weighted by Crippen LogP contribution is 2.35. The Labute approximate surface area is 191 Å². The standard InChI is InChI=1S/C23H22Cl3NO3/c1-29-22-10-16(12-27-13-21(28)15-6-3-2-4-7-15)20(26)11-23(22)30-14-17-18(24)8-5-9-19(17)25/h2-11,21,27-28H,12-14H2,1H3. The van der Waals surface area contributed by atoms with Gasteiger partial charge in [0.15, 0.2) is 11.5 Å². The fraction of sp³-hybridized carbons (Fsp3) is 0.217. The zero-order valence-electron chi connectivity index (χ0n) is 16.4. The molecule has 0 heterocycles. The van der Waals surface area contributed by atoms with E-state index in [4.69, 9.17) is 44.3 Å². The minimum atomic E-state index is -0.602. The predicted octanol–water partition coefficient (Wildman–Crippen LogP) is 6.06. The van der Waals surface area contributed by atoms with E-state index in [9.17, 15) is 5.11 Å². The zero-order valence-corrected chi connectivity index (χ0v) is 18.6. The Hall–Kier alpha value is -1.95. The van der Waals surface area contributed by atoms with Crippen LogP contribution < -0.4 is 14.8 Å². The average molecular weight is 467 g/mol. The van der Waals surface area contributed by atoms with Gasteiger partial charge in [-0.15, -0.1) is 0 Å². The second kappa shape index (κ2) is 10.9. The van der Waals surface area contributed by atoms with Crippen LogP contribution in [0.25, 0.3) is 0 Å². The van der Waals surface area contributed by atoms with Gasteiger partial charge in [0, 0.05) is 39.8 Å². The van der Waals surface area contributed by atoms with Crippen molar-refractivity contribution in [3.05, 3.63) is 92.4 Å². The van der Waals surface area contributed by atoms with Crippen molar-refractivity contribution in [1.29, 1.82) is 0 Å². The molecular weight excluding hydrogens is 445 g/mol. The molecule has 0 radical (unpaired) electrons. The van der Waals surface area contributed by atoms with E-state index in [1.165, 1.54) is 0 Å². The Morgan fingerprint density at radius 2 is 1.60 bits per heavy atom. The number of hydrogen-bond acceptors (Lipinski definition) is 4. The molecule has 1 atom stereocenters. The van der Waals surface area contributed by atoms with Crippen LogP contribution in [-0.2, 0) is 13.2 Å². The number of aliphatic hydroxyl groups excluding tert-OH is 1. The molecule has 2 N–H and O–H groups in total. The normalized spacial score (nSPS) is 11.9. The third kappa shape index (κ3) is 5.81. The van der Waals surface area contributed by atoms with E-state index in [0.717, 1.165) is 11.1 Å². The van der Waals surface area contributed by atoms with E-state index < -0.39 is 6.10 Å². The predicted molar refractivity (Wildman–Crippen MR) is 122 cm³/mol. The van der Waals surface area contributed by atoms with Gasteiger partial charge in [-0.2, -0.15) is 0 Å². The molecule has 0 aromatic heterocycles. The quantitative estimate of drug-likeness (QED) is 0.402. The van der Waals surface area contributed by atoms with Crippen LogP contribution in [0.3, 0.4) is 0 Å². The van der Waals surface area contributed by atoms with Gasteiger partial charge in [0.2, 0.25) is 0 Å². The molecule has 0 spiro atoms. The van der Waals surface area contributed by atoms with Crippen molar-refractivity contribution in [3.8, 4) is 11.5 Å². The lowest BCUT2D eigenvalue weighted by atomic mass is 10.1. The summed E-state index contributed by atoms with van der Waals surface area (Å²) in [6.45, 7) is 1.05. The number of rotatable bonds is 9. The Bertz CT molecular complexity index is 963. The number of ether oxygens (including phenoxy) is 2. The molecule has 3 aromatic rings. The van der Waals surface area contributed by atoms with Crippen LogP contribution in [0, 0.1) is 0 Å². The highest BCUT2D eigenvalue weighted by Gasteiger charge is 2.14. The summed E-state index contributed by atoms with van der Waals surface area (Å²) < 4.78 is 11.3. The molecule has 0 aliphatic heterocycles. The molecule has 0 saturated carbocycles. The van der Waals surface area contributed by atoms with Crippen LogP contribution in [-0.4, -0.2) is 18.8 Å². The summed E-state index contributed by atoms with van der Waals surface area (Å²) in [4.78, 5) is 0. The first-order valence-electron chi connectivity index (χ1n) is 9.35. The van der Waals surface area contributed by atoms with E-state index >= 15 is 0 Å². The van der Waals surface area contributed by atoms with Crippen LogP contribution in [0.2, 0.25) is 15.1 Å². The first-order valence-corrected chi connectivity index (χ1v) is 10.5. The molecular formula is C23H22Cl3NO3. The molecule has 3 rings (SSSR count). The number of halogens is 3. The maximum absolute atomic E-state index is 10.3. The smallest absolute Gasteiger partial charge is 0.163 e. The van der Waals surface area contributed by atoms with Crippen molar-refractivity contribution in [2.45, 2.75) is 19.3 Å². The molecule has 158 valence electrons. The van der Waals surface area contributed by atoms with Gasteiger partial charge >= 0.3 is 0 Å². The lowest BCUT2D eigenvalue weighted by molar-refractivity contribution is 0.174. The molecule has 7 heteroatoms. The van der Waals surface area contributed by atoms with Gasteiger partial charge in [-0.25, -0.2) is 0 Å². The summed E-state index contributed by atoms with van der Waals surface area (Å²) in [6.07, 6.45) is -0.602. The number of methoxy groups -OCH3 is 1. The van der Waals surface area contributed by atoms with Crippen molar-refractivity contribution in [1.82, 2.24) is 5.32 Å². The van der Waals surface area contributed by atoms with E-state index in [-0.39, 0.29) is 6.61 Å². The van der Waals surface area contributed by atoms with Crippen molar-refractivity contribution < 1.29 is 14.6 Å². The Morgan fingerprint density at radius 1 is 0.900 bits per heavy atom. The lowest BCUT2D eigenvalue weighted by Crippen LogP contribution is -2.21. The number of benzene rings is 3. The summed E-state index contributed by atoms with van der Waals surface area (Å²) in [5.41, 5.74) is 2.38.